The molecule has 2 aromatic rings. The molecule has 0 aliphatic heterocycles. The van der Waals surface area contributed by atoms with Crippen LogP contribution in [-0.4, -0.2) is 50.8 Å². The normalized spacial score (nSPS) is 11.2. The summed E-state index contributed by atoms with van der Waals surface area (Å²) in [7, 11) is 4.23. The standard InChI is InChI=1S/C20H22N2O7/c1-27-16-9-6-13(10-17(16)28-2)15(23)11-21-18(24)19(25)22-14-7-4-12(5-8-14)20(26)29-3/h4-10,15,23H,11H2,1-3H3,(H,21,24)(H,22,25). The molecule has 0 fully saturated rings. The van der Waals surface area contributed by atoms with Crippen molar-refractivity contribution in [1.29, 1.82) is 0 Å². The minimum Gasteiger partial charge on any atom is -0.493 e. The van der Waals surface area contributed by atoms with Crippen molar-refractivity contribution < 1.29 is 33.7 Å². The Morgan fingerprint density at radius 2 is 1.59 bits per heavy atom. The molecule has 0 saturated carbocycles. The Balaban J connectivity index is 1.91. The van der Waals surface area contributed by atoms with E-state index in [0.717, 1.165) is 0 Å². The second-order valence-corrected chi connectivity index (χ2v) is 5.86. The van der Waals surface area contributed by atoms with Crippen molar-refractivity contribution in [3.05, 3.63) is 53.6 Å². The van der Waals surface area contributed by atoms with Crippen LogP contribution in [0.4, 0.5) is 5.69 Å². The van der Waals surface area contributed by atoms with Crippen LogP contribution in [0.1, 0.15) is 22.0 Å². The first kappa shape index (κ1) is 21.7. The number of ether oxygens (including phenoxy) is 3. The van der Waals surface area contributed by atoms with Crippen LogP contribution in [0.2, 0.25) is 0 Å². The molecule has 3 N–H and O–H groups in total. The van der Waals surface area contributed by atoms with Crippen LogP contribution in [0.25, 0.3) is 0 Å². The number of esters is 1. The van der Waals surface area contributed by atoms with E-state index in [-0.39, 0.29) is 6.54 Å². The summed E-state index contributed by atoms with van der Waals surface area (Å²) in [5, 5.41) is 15.0. The summed E-state index contributed by atoms with van der Waals surface area (Å²) in [5.74, 6) is -1.39. The zero-order valence-corrected chi connectivity index (χ0v) is 16.2. The molecule has 0 aliphatic rings. The number of anilines is 1. The smallest absolute Gasteiger partial charge is 0.337 e. The molecule has 0 aliphatic carbocycles. The van der Waals surface area contributed by atoms with Crippen LogP contribution in [0, 0.1) is 0 Å². The number of benzene rings is 2. The molecular formula is C20H22N2O7. The first-order valence-electron chi connectivity index (χ1n) is 8.57. The number of amides is 2. The second kappa shape index (κ2) is 10.1. The van der Waals surface area contributed by atoms with E-state index < -0.39 is 23.9 Å². The van der Waals surface area contributed by atoms with Gasteiger partial charge >= 0.3 is 17.8 Å². The average Bonchev–Trinajstić information content (AvgIpc) is 2.76. The molecule has 0 saturated heterocycles. The maximum Gasteiger partial charge on any atom is 0.337 e. The van der Waals surface area contributed by atoms with E-state index in [1.807, 2.05) is 0 Å². The lowest BCUT2D eigenvalue weighted by atomic mass is 10.1. The third-order valence-corrected chi connectivity index (χ3v) is 4.02. The minimum atomic E-state index is -1.05. The van der Waals surface area contributed by atoms with Gasteiger partial charge in [0.25, 0.3) is 0 Å². The fourth-order valence-electron chi connectivity index (χ4n) is 2.44. The quantitative estimate of drug-likeness (QED) is 0.471. The molecule has 0 heterocycles. The van der Waals surface area contributed by atoms with Gasteiger partial charge in [0.15, 0.2) is 11.5 Å². The molecule has 9 heteroatoms. The van der Waals surface area contributed by atoms with Gasteiger partial charge in [-0.3, -0.25) is 9.59 Å². The maximum atomic E-state index is 12.0. The molecule has 0 spiro atoms. The third kappa shape index (κ3) is 5.69. The van der Waals surface area contributed by atoms with Crippen molar-refractivity contribution in [3.8, 4) is 11.5 Å². The molecule has 29 heavy (non-hydrogen) atoms. The summed E-state index contributed by atoms with van der Waals surface area (Å²) in [6.45, 7) is -0.178. The van der Waals surface area contributed by atoms with Gasteiger partial charge in [-0.15, -0.1) is 0 Å². The number of carbonyl (C=O) groups excluding carboxylic acids is 3. The number of nitrogens with one attached hydrogen (secondary N) is 2. The topological polar surface area (TPSA) is 123 Å². The van der Waals surface area contributed by atoms with Crippen molar-refractivity contribution in [1.82, 2.24) is 5.32 Å². The Morgan fingerprint density at radius 1 is 0.931 bits per heavy atom. The van der Waals surface area contributed by atoms with Crippen LogP contribution >= 0.6 is 0 Å². The zero-order valence-electron chi connectivity index (χ0n) is 16.2. The average molecular weight is 402 g/mol. The van der Waals surface area contributed by atoms with E-state index in [2.05, 4.69) is 15.4 Å². The van der Waals surface area contributed by atoms with Crippen LogP contribution in [0.5, 0.6) is 11.5 Å². The molecular weight excluding hydrogens is 380 g/mol. The lowest BCUT2D eigenvalue weighted by molar-refractivity contribution is -0.136. The van der Waals surface area contributed by atoms with Gasteiger partial charge in [0.1, 0.15) is 0 Å². The van der Waals surface area contributed by atoms with Gasteiger partial charge in [-0.25, -0.2) is 4.79 Å². The lowest BCUT2D eigenvalue weighted by Crippen LogP contribution is -2.37. The molecule has 0 radical (unpaired) electrons. The molecule has 9 nitrogen and oxygen atoms in total. The van der Waals surface area contributed by atoms with E-state index in [0.29, 0.717) is 28.3 Å². The number of hydrogen-bond donors (Lipinski definition) is 3. The second-order valence-electron chi connectivity index (χ2n) is 5.86. The highest BCUT2D eigenvalue weighted by atomic mass is 16.5. The van der Waals surface area contributed by atoms with E-state index in [1.165, 1.54) is 45.6 Å². The number of rotatable bonds is 7. The maximum absolute atomic E-state index is 12.0. The van der Waals surface area contributed by atoms with Crippen LogP contribution in [-0.2, 0) is 14.3 Å². The van der Waals surface area contributed by atoms with Gasteiger partial charge in [-0.1, -0.05) is 6.07 Å². The SMILES string of the molecule is COC(=O)c1ccc(NC(=O)C(=O)NCC(O)c2ccc(OC)c(OC)c2)cc1. The molecule has 2 aromatic carbocycles. The highest BCUT2D eigenvalue weighted by Gasteiger charge is 2.17. The summed E-state index contributed by atoms with van der Waals surface area (Å²) < 4.78 is 14.9. The fraction of sp³-hybridized carbons (Fsp3) is 0.250. The Hall–Kier alpha value is -3.59. The van der Waals surface area contributed by atoms with Crippen LogP contribution in [0.15, 0.2) is 42.5 Å². The molecule has 2 amide bonds. The summed E-state index contributed by atoms with van der Waals surface area (Å²) in [4.78, 5) is 35.3. The predicted molar refractivity (Wildman–Crippen MR) is 104 cm³/mol. The number of carbonyl (C=O) groups is 3. The Morgan fingerprint density at radius 3 is 2.17 bits per heavy atom. The molecule has 1 unspecified atom stereocenters. The van der Waals surface area contributed by atoms with Crippen LogP contribution < -0.4 is 20.1 Å². The highest BCUT2D eigenvalue weighted by molar-refractivity contribution is 6.39. The Kier molecular flexibility index (Phi) is 7.55. The van der Waals surface area contributed by atoms with Crippen molar-refractivity contribution in [3.63, 3.8) is 0 Å². The predicted octanol–water partition coefficient (Wildman–Crippen LogP) is 1.28. The monoisotopic (exact) mass is 402 g/mol. The number of aliphatic hydroxyl groups is 1. The Labute approximate surface area is 167 Å². The van der Waals surface area contributed by atoms with E-state index in [1.54, 1.807) is 18.2 Å². The number of aliphatic hydroxyl groups excluding tert-OH is 1. The summed E-state index contributed by atoms with van der Waals surface area (Å²) >= 11 is 0. The number of hydrogen-bond acceptors (Lipinski definition) is 7. The van der Waals surface area contributed by atoms with Crippen molar-refractivity contribution in [2.24, 2.45) is 0 Å². The van der Waals surface area contributed by atoms with Gasteiger partial charge in [0, 0.05) is 12.2 Å². The van der Waals surface area contributed by atoms with Crippen molar-refractivity contribution in [2.45, 2.75) is 6.10 Å². The number of methoxy groups -OCH3 is 3. The van der Waals surface area contributed by atoms with Crippen molar-refractivity contribution in [2.75, 3.05) is 33.2 Å². The highest BCUT2D eigenvalue weighted by Crippen LogP contribution is 2.29. The molecule has 0 bridgehead atoms. The van der Waals surface area contributed by atoms with Gasteiger partial charge < -0.3 is 30.0 Å². The van der Waals surface area contributed by atoms with E-state index >= 15 is 0 Å². The van der Waals surface area contributed by atoms with Crippen molar-refractivity contribution >= 4 is 23.5 Å². The van der Waals surface area contributed by atoms with Gasteiger partial charge in [-0.05, 0) is 42.0 Å². The van der Waals surface area contributed by atoms with Crippen LogP contribution in [0.3, 0.4) is 0 Å². The Bertz CT molecular complexity index is 881. The fourth-order valence-corrected chi connectivity index (χ4v) is 2.44. The summed E-state index contributed by atoms with van der Waals surface area (Å²) in [6, 6.07) is 10.7. The minimum absolute atomic E-state index is 0.178. The third-order valence-electron chi connectivity index (χ3n) is 4.02. The lowest BCUT2D eigenvalue weighted by Gasteiger charge is -2.15. The summed E-state index contributed by atoms with van der Waals surface area (Å²) in [6.07, 6.45) is -1.05. The first-order valence-corrected chi connectivity index (χ1v) is 8.57. The van der Waals surface area contributed by atoms with Gasteiger partial charge in [-0.2, -0.15) is 0 Å². The zero-order chi connectivity index (χ0) is 21.4. The van der Waals surface area contributed by atoms with Gasteiger partial charge in [0.05, 0.1) is 33.0 Å². The van der Waals surface area contributed by atoms with Gasteiger partial charge in [0.2, 0.25) is 0 Å². The first-order chi connectivity index (χ1) is 13.9. The molecule has 0 aromatic heterocycles. The summed E-state index contributed by atoms with van der Waals surface area (Å²) in [5.41, 5.74) is 1.13. The van der Waals surface area contributed by atoms with E-state index in [9.17, 15) is 19.5 Å². The largest absolute Gasteiger partial charge is 0.493 e. The molecule has 2 rings (SSSR count). The molecule has 154 valence electrons. The van der Waals surface area contributed by atoms with E-state index in [4.69, 9.17) is 9.47 Å². The molecule has 1 atom stereocenters.